The molecule has 5 heteroatoms. The van der Waals surface area contributed by atoms with Gasteiger partial charge in [-0.1, -0.05) is 30.7 Å². The number of halogens is 1. The average molecular weight is 341 g/mol. The molecule has 4 nitrogen and oxygen atoms in total. The third-order valence-electron chi connectivity index (χ3n) is 3.35. The molecule has 1 rings (SSSR count). The minimum absolute atomic E-state index is 0.283. The first-order valence-corrected chi connectivity index (χ1v) is 8.36. The summed E-state index contributed by atoms with van der Waals surface area (Å²) in [5.74, 6) is 0.327. The lowest BCUT2D eigenvalue weighted by Crippen LogP contribution is -2.38. The van der Waals surface area contributed by atoms with Crippen molar-refractivity contribution in [3.05, 3.63) is 34.3 Å². The summed E-state index contributed by atoms with van der Waals surface area (Å²) < 4.78 is 5.35. The van der Waals surface area contributed by atoms with Crippen molar-refractivity contribution < 1.29 is 9.53 Å². The lowest BCUT2D eigenvalue weighted by Gasteiger charge is -2.26. The van der Waals surface area contributed by atoms with Gasteiger partial charge in [-0.25, -0.2) is 4.79 Å². The lowest BCUT2D eigenvalue weighted by molar-refractivity contribution is 0.0277. The van der Waals surface area contributed by atoms with E-state index in [4.69, 9.17) is 16.3 Å². The number of hydrogen-bond donors (Lipinski definition) is 1. The van der Waals surface area contributed by atoms with Gasteiger partial charge in [0.25, 0.3) is 0 Å². The van der Waals surface area contributed by atoms with Crippen molar-refractivity contribution in [1.29, 1.82) is 0 Å². The molecule has 0 bridgehead atoms. The van der Waals surface area contributed by atoms with Crippen molar-refractivity contribution in [1.82, 2.24) is 10.2 Å². The summed E-state index contributed by atoms with van der Waals surface area (Å²) in [6.45, 7) is 11.9. The van der Waals surface area contributed by atoms with Gasteiger partial charge in [-0.2, -0.15) is 0 Å². The third-order valence-corrected chi connectivity index (χ3v) is 3.76. The third kappa shape index (κ3) is 7.71. The molecule has 0 fully saturated rings. The number of carbonyl (C=O) groups is 1. The molecule has 0 radical (unpaired) electrons. The predicted molar refractivity (Wildman–Crippen MR) is 95.9 cm³/mol. The lowest BCUT2D eigenvalue weighted by atomic mass is 10.1. The Labute approximate surface area is 145 Å². The predicted octanol–water partition coefficient (Wildman–Crippen LogP) is 4.24. The highest BCUT2D eigenvalue weighted by molar-refractivity contribution is 6.31. The van der Waals surface area contributed by atoms with Crippen molar-refractivity contribution in [3.63, 3.8) is 0 Å². The first kappa shape index (κ1) is 19.8. The molecule has 1 aromatic carbocycles. The Balaban J connectivity index is 2.34. The number of nitrogens with zero attached hydrogens (tertiary/aromatic N) is 1. The maximum Gasteiger partial charge on any atom is 0.410 e. The van der Waals surface area contributed by atoms with Crippen molar-refractivity contribution in [3.8, 4) is 0 Å². The zero-order chi connectivity index (χ0) is 17.6. The fourth-order valence-corrected chi connectivity index (χ4v) is 2.36. The van der Waals surface area contributed by atoms with Gasteiger partial charge in [0.2, 0.25) is 0 Å². The molecule has 1 amide bonds. The van der Waals surface area contributed by atoms with E-state index in [1.165, 1.54) is 0 Å². The van der Waals surface area contributed by atoms with Gasteiger partial charge in [-0.15, -0.1) is 0 Å². The molecule has 0 saturated carbocycles. The van der Waals surface area contributed by atoms with Gasteiger partial charge in [0, 0.05) is 25.2 Å². The Morgan fingerprint density at radius 3 is 2.61 bits per heavy atom. The number of hydrogen-bond acceptors (Lipinski definition) is 3. The van der Waals surface area contributed by atoms with Gasteiger partial charge >= 0.3 is 6.09 Å². The van der Waals surface area contributed by atoms with Crippen molar-refractivity contribution in [2.75, 3.05) is 20.1 Å². The van der Waals surface area contributed by atoms with Crippen molar-refractivity contribution in [2.45, 2.75) is 46.8 Å². The molecule has 1 N–H and O–H groups in total. The summed E-state index contributed by atoms with van der Waals surface area (Å²) in [7, 11) is 1.77. The van der Waals surface area contributed by atoms with Crippen LogP contribution >= 0.6 is 11.6 Å². The van der Waals surface area contributed by atoms with E-state index in [2.05, 4.69) is 18.3 Å². The van der Waals surface area contributed by atoms with Crippen LogP contribution < -0.4 is 5.32 Å². The van der Waals surface area contributed by atoms with Gasteiger partial charge in [0.1, 0.15) is 5.60 Å². The van der Waals surface area contributed by atoms with E-state index in [-0.39, 0.29) is 6.09 Å². The van der Waals surface area contributed by atoms with E-state index in [0.717, 1.165) is 29.2 Å². The molecule has 0 aromatic heterocycles. The number of benzene rings is 1. The van der Waals surface area contributed by atoms with Crippen LogP contribution in [-0.2, 0) is 11.3 Å². The van der Waals surface area contributed by atoms with Crippen LogP contribution in [0.25, 0.3) is 0 Å². The highest BCUT2D eigenvalue weighted by Gasteiger charge is 2.20. The van der Waals surface area contributed by atoms with E-state index in [1.54, 1.807) is 11.9 Å². The summed E-state index contributed by atoms with van der Waals surface area (Å²) >= 11 is 6.13. The van der Waals surface area contributed by atoms with Crippen LogP contribution in [-0.4, -0.2) is 36.7 Å². The van der Waals surface area contributed by atoms with Crippen LogP contribution in [0.4, 0.5) is 4.79 Å². The van der Waals surface area contributed by atoms with Crippen LogP contribution in [0.3, 0.4) is 0 Å². The zero-order valence-corrected chi connectivity index (χ0v) is 15.8. The minimum atomic E-state index is -0.461. The second-order valence-electron chi connectivity index (χ2n) is 7.18. The molecule has 0 heterocycles. The number of ether oxygens (including phenoxy) is 1. The van der Waals surface area contributed by atoms with Crippen LogP contribution in [0.15, 0.2) is 18.2 Å². The Hall–Kier alpha value is -1.26. The Morgan fingerprint density at radius 1 is 1.39 bits per heavy atom. The van der Waals surface area contributed by atoms with E-state index < -0.39 is 5.60 Å². The number of aryl methyl sites for hydroxylation is 1. The quantitative estimate of drug-likeness (QED) is 0.842. The second-order valence-corrected chi connectivity index (χ2v) is 7.59. The molecular weight excluding hydrogens is 312 g/mol. The maximum atomic E-state index is 11.9. The zero-order valence-electron chi connectivity index (χ0n) is 15.1. The minimum Gasteiger partial charge on any atom is -0.444 e. The summed E-state index contributed by atoms with van der Waals surface area (Å²) in [6, 6.07) is 6.09. The smallest absolute Gasteiger partial charge is 0.410 e. The highest BCUT2D eigenvalue weighted by atomic mass is 35.5. The molecule has 0 aliphatic heterocycles. The largest absolute Gasteiger partial charge is 0.444 e. The first-order valence-electron chi connectivity index (χ1n) is 7.98. The first-order chi connectivity index (χ1) is 10.6. The van der Waals surface area contributed by atoms with Gasteiger partial charge in [-0.05, 0) is 57.4 Å². The van der Waals surface area contributed by atoms with Crippen LogP contribution in [0.2, 0.25) is 5.02 Å². The Bertz CT molecular complexity index is 526. The summed E-state index contributed by atoms with van der Waals surface area (Å²) in [5.41, 5.74) is 1.79. The van der Waals surface area contributed by atoms with E-state index in [1.807, 2.05) is 39.8 Å². The monoisotopic (exact) mass is 340 g/mol. The van der Waals surface area contributed by atoms with Gasteiger partial charge in [0.15, 0.2) is 0 Å². The summed E-state index contributed by atoms with van der Waals surface area (Å²) in [5, 5.41) is 4.20. The van der Waals surface area contributed by atoms with Crippen LogP contribution in [0.5, 0.6) is 0 Å². The van der Waals surface area contributed by atoms with Crippen LogP contribution in [0.1, 0.15) is 38.8 Å². The standard InChI is InChI=1S/C18H29ClN2O2/c1-13(12-21(6)17(22)23-18(3,4)5)10-20-11-15-8-7-14(2)16(19)9-15/h7-9,13,20H,10-12H2,1-6H3. The van der Waals surface area contributed by atoms with Gasteiger partial charge in [0.05, 0.1) is 0 Å². The van der Waals surface area contributed by atoms with Crippen LogP contribution in [0, 0.1) is 12.8 Å². The molecule has 0 aliphatic rings. The molecule has 0 spiro atoms. The number of carbonyl (C=O) groups excluding carboxylic acids is 1. The Kier molecular flexibility index (Phi) is 7.36. The average Bonchev–Trinajstić information content (AvgIpc) is 2.40. The normalized spacial score (nSPS) is 12.8. The fraction of sp³-hybridized carbons (Fsp3) is 0.611. The van der Waals surface area contributed by atoms with E-state index in [0.29, 0.717) is 12.5 Å². The molecule has 1 unspecified atom stereocenters. The molecule has 0 saturated heterocycles. The molecule has 0 aliphatic carbocycles. The van der Waals surface area contributed by atoms with Gasteiger partial charge in [-0.3, -0.25) is 0 Å². The summed E-state index contributed by atoms with van der Waals surface area (Å²) in [4.78, 5) is 13.6. The molecule has 1 aromatic rings. The molecule has 130 valence electrons. The van der Waals surface area contributed by atoms with E-state index in [9.17, 15) is 4.79 Å². The summed E-state index contributed by atoms with van der Waals surface area (Å²) in [6.07, 6.45) is -0.283. The van der Waals surface area contributed by atoms with Crippen molar-refractivity contribution in [2.24, 2.45) is 5.92 Å². The number of rotatable bonds is 6. The molecule has 1 atom stereocenters. The van der Waals surface area contributed by atoms with Gasteiger partial charge < -0.3 is 15.0 Å². The molecule has 23 heavy (non-hydrogen) atoms. The second kappa shape index (κ2) is 8.55. The van der Waals surface area contributed by atoms with E-state index >= 15 is 0 Å². The topological polar surface area (TPSA) is 41.6 Å². The Morgan fingerprint density at radius 2 is 2.04 bits per heavy atom. The maximum absolute atomic E-state index is 11.9. The highest BCUT2D eigenvalue weighted by Crippen LogP contribution is 2.16. The number of nitrogens with one attached hydrogen (secondary N) is 1. The molecular formula is C18H29ClN2O2. The SMILES string of the molecule is Cc1ccc(CNCC(C)CN(C)C(=O)OC(C)(C)C)cc1Cl. The fourth-order valence-electron chi connectivity index (χ4n) is 2.16. The van der Waals surface area contributed by atoms with Crippen molar-refractivity contribution >= 4 is 17.7 Å². The number of amides is 1.